The van der Waals surface area contributed by atoms with Crippen LogP contribution in [0.3, 0.4) is 0 Å². The topological polar surface area (TPSA) is 26.3 Å². The molecule has 4 heteroatoms. The van der Waals surface area contributed by atoms with Gasteiger partial charge in [-0.05, 0) is 48.4 Å². The molecule has 0 amide bonds. The maximum atomic E-state index is 11.2. The Bertz CT molecular complexity index is 678. The third-order valence-corrected chi connectivity index (χ3v) is 4.42. The van der Waals surface area contributed by atoms with E-state index >= 15 is 0 Å². The summed E-state index contributed by atoms with van der Waals surface area (Å²) < 4.78 is 4.62. The van der Waals surface area contributed by atoms with Crippen LogP contribution in [-0.4, -0.2) is 13.1 Å². The van der Waals surface area contributed by atoms with Crippen LogP contribution >= 0.6 is 23.4 Å². The van der Waals surface area contributed by atoms with Crippen LogP contribution in [0, 0.1) is 6.92 Å². The maximum Gasteiger partial charge on any atom is 0.330 e. The second-order valence-corrected chi connectivity index (χ2v) is 6.29. The second-order valence-electron chi connectivity index (χ2n) is 4.80. The highest BCUT2D eigenvalue weighted by Crippen LogP contribution is 2.27. The van der Waals surface area contributed by atoms with Crippen molar-refractivity contribution < 1.29 is 9.53 Å². The van der Waals surface area contributed by atoms with Crippen LogP contribution < -0.4 is 0 Å². The fourth-order valence-electron chi connectivity index (χ4n) is 1.87. The minimum Gasteiger partial charge on any atom is -0.466 e. The molecule has 22 heavy (non-hydrogen) atoms. The molecule has 0 N–H and O–H groups in total. The fourth-order valence-corrected chi connectivity index (χ4v) is 2.97. The van der Waals surface area contributed by atoms with Gasteiger partial charge in [-0.15, -0.1) is 11.8 Å². The molecule has 0 aromatic heterocycles. The van der Waals surface area contributed by atoms with E-state index < -0.39 is 0 Å². The van der Waals surface area contributed by atoms with E-state index in [1.54, 1.807) is 17.8 Å². The van der Waals surface area contributed by atoms with Gasteiger partial charge in [0.1, 0.15) is 0 Å². The number of rotatable bonds is 5. The lowest BCUT2D eigenvalue weighted by Crippen LogP contribution is -1.94. The largest absolute Gasteiger partial charge is 0.466 e. The molecule has 0 saturated carbocycles. The van der Waals surface area contributed by atoms with Crippen LogP contribution in [0.2, 0.25) is 5.02 Å². The normalized spacial score (nSPS) is 10.9. The number of esters is 1. The van der Waals surface area contributed by atoms with Gasteiger partial charge in [-0.1, -0.05) is 35.4 Å². The Morgan fingerprint density at radius 2 is 1.95 bits per heavy atom. The SMILES string of the molecule is COC(=O)/C=C/c1cc(Cl)ccc1CSc1ccc(C)cc1. The Morgan fingerprint density at radius 1 is 1.23 bits per heavy atom. The van der Waals surface area contributed by atoms with E-state index in [1.165, 1.54) is 23.6 Å². The summed E-state index contributed by atoms with van der Waals surface area (Å²) in [4.78, 5) is 12.5. The summed E-state index contributed by atoms with van der Waals surface area (Å²) in [7, 11) is 1.36. The van der Waals surface area contributed by atoms with Crippen LogP contribution in [0.5, 0.6) is 0 Å². The molecule has 0 bridgehead atoms. The van der Waals surface area contributed by atoms with Gasteiger partial charge in [0.2, 0.25) is 0 Å². The molecule has 0 unspecified atom stereocenters. The lowest BCUT2D eigenvalue weighted by atomic mass is 10.1. The van der Waals surface area contributed by atoms with Crippen LogP contribution in [0.25, 0.3) is 6.08 Å². The molecule has 2 aromatic carbocycles. The Kier molecular flexibility index (Phi) is 6.10. The highest BCUT2D eigenvalue weighted by Gasteiger charge is 2.04. The zero-order valence-electron chi connectivity index (χ0n) is 12.5. The number of hydrogen-bond donors (Lipinski definition) is 0. The zero-order valence-corrected chi connectivity index (χ0v) is 14.1. The minimum absolute atomic E-state index is 0.378. The minimum atomic E-state index is -0.378. The van der Waals surface area contributed by atoms with Crippen LogP contribution in [0.4, 0.5) is 0 Å². The smallest absolute Gasteiger partial charge is 0.330 e. The van der Waals surface area contributed by atoms with Crippen molar-refractivity contribution in [3.05, 3.63) is 70.3 Å². The lowest BCUT2D eigenvalue weighted by molar-refractivity contribution is -0.134. The first-order valence-electron chi connectivity index (χ1n) is 6.82. The van der Waals surface area contributed by atoms with Crippen molar-refractivity contribution in [1.29, 1.82) is 0 Å². The Labute approximate surface area is 140 Å². The first kappa shape index (κ1) is 16.7. The highest BCUT2D eigenvalue weighted by atomic mass is 35.5. The van der Waals surface area contributed by atoms with E-state index in [-0.39, 0.29) is 5.97 Å². The molecule has 2 rings (SSSR count). The van der Waals surface area contributed by atoms with Gasteiger partial charge in [0.05, 0.1) is 7.11 Å². The number of thioether (sulfide) groups is 1. The summed E-state index contributed by atoms with van der Waals surface area (Å²) in [5.41, 5.74) is 3.30. The molecule has 2 nitrogen and oxygen atoms in total. The molecular weight excluding hydrogens is 316 g/mol. The second kappa shape index (κ2) is 8.06. The standard InChI is InChI=1S/C18H17ClO2S/c1-13-3-8-17(9-4-13)22-12-15-5-7-16(19)11-14(15)6-10-18(20)21-2/h3-11H,12H2,1-2H3/b10-6+. The van der Waals surface area contributed by atoms with Crippen molar-refractivity contribution in [3.8, 4) is 0 Å². The first-order valence-corrected chi connectivity index (χ1v) is 8.19. The molecule has 114 valence electrons. The molecule has 0 spiro atoms. The molecule has 0 aliphatic rings. The summed E-state index contributed by atoms with van der Waals surface area (Å²) in [5.74, 6) is 0.429. The quantitative estimate of drug-likeness (QED) is 0.431. The van der Waals surface area contributed by atoms with Crippen LogP contribution in [-0.2, 0) is 15.3 Å². The van der Waals surface area contributed by atoms with E-state index in [4.69, 9.17) is 11.6 Å². The number of aryl methyl sites for hydroxylation is 1. The molecule has 0 atom stereocenters. The predicted octanol–water partition coefficient (Wildman–Crippen LogP) is 5.13. The number of methoxy groups -OCH3 is 1. The summed E-state index contributed by atoms with van der Waals surface area (Å²) in [6.45, 7) is 2.07. The highest BCUT2D eigenvalue weighted by molar-refractivity contribution is 7.98. The van der Waals surface area contributed by atoms with Crippen molar-refractivity contribution in [3.63, 3.8) is 0 Å². The van der Waals surface area contributed by atoms with E-state index in [0.29, 0.717) is 5.02 Å². The number of hydrogen-bond acceptors (Lipinski definition) is 3. The van der Waals surface area contributed by atoms with Crippen LogP contribution in [0.15, 0.2) is 53.4 Å². The summed E-state index contributed by atoms with van der Waals surface area (Å²) in [6, 6.07) is 14.1. The molecule has 0 aliphatic heterocycles. The van der Waals surface area contributed by atoms with Crippen molar-refractivity contribution in [2.45, 2.75) is 17.6 Å². The van der Waals surface area contributed by atoms with Gasteiger partial charge in [-0.2, -0.15) is 0 Å². The molecular formula is C18H17ClO2S. The van der Waals surface area contributed by atoms with Crippen LogP contribution in [0.1, 0.15) is 16.7 Å². The number of benzene rings is 2. The van der Waals surface area contributed by atoms with E-state index in [2.05, 4.69) is 35.9 Å². The van der Waals surface area contributed by atoms with Gasteiger partial charge in [0.25, 0.3) is 0 Å². The maximum absolute atomic E-state index is 11.2. The average Bonchev–Trinajstić information content (AvgIpc) is 2.53. The lowest BCUT2D eigenvalue weighted by Gasteiger charge is -2.07. The van der Waals surface area contributed by atoms with Gasteiger partial charge in [-0.3, -0.25) is 0 Å². The summed E-state index contributed by atoms with van der Waals surface area (Å²) >= 11 is 7.79. The van der Waals surface area contributed by atoms with Crippen molar-refractivity contribution >= 4 is 35.4 Å². The van der Waals surface area contributed by atoms with Gasteiger partial charge < -0.3 is 4.74 Å². The van der Waals surface area contributed by atoms with E-state index in [1.807, 2.05) is 18.2 Å². The molecule has 0 radical (unpaired) electrons. The number of carbonyl (C=O) groups is 1. The third kappa shape index (κ3) is 4.93. The number of carbonyl (C=O) groups excluding carboxylic acids is 1. The van der Waals surface area contributed by atoms with Crippen molar-refractivity contribution in [2.75, 3.05) is 7.11 Å². The number of ether oxygens (including phenoxy) is 1. The third-order valence-electron chi connectivity index (χ3n) is 3.12. The van der Waals surface area contributed by atoms with Gasteiger partial charge in [0.15, 0.2) is 0 Å². The molecule has 0 aliphatic carbocycles. The average molecular weight is 333 g/mol. The Hall–Kier alpha value is -1.71. The van der Waals surface area contributed by atoms with Gasteiger partial charge in [-0.25, -0.2) is 4.79 Å². The molecule has 2 aromatic rings. The van der Waals surface area contributed by atoms with Gasteiger partial charge in [0, 0.05) is 21.7 Å². The monoisotopic (exact) mass is 332 g/mol. The van der Waals surface area contributed by atoms with E-state index in [0.717, 1.165) is 16.9 Å². The zero-order chi connectivity index (χ0) is 15.9. The molecule has 0 heterocycles. The fraction of sp³-hybridized carbons (Fsp3) is 0.167. The number of halogens is 1. The molecule has 0 fully saturated rings. The first-order chi connectivity index (χ1) is 10.6. The van der Waals surface area contributed by atoms with E-state index in [9.17, 15) is 4.79 Å². The predicted molar refractivity (Wildman–Crippen MR) is 93.2 cm³/mol. The summed E-state index contributed by atoms with van der Waals surface area (Å²) in [6.07, 6.45) is 3.15. The van der Waals surface area contributed by atoms with Crippen molar-refractivity contribution in [2.24, 2.45) is 0 Å². The van der Waals surface area contributed by atoms with Crippen molar-refractivity contribution in [1.82, 2.24) is 0 Å². The Morgan fingerprint density at radius 3 is 2.64 bits per heavy atom. The molecule has 0 saturated heterocycles. The summed E-state index contributed by atoms with van der Waals surface area (Å²) in [5, 5.41) is 0.647. The Balaban J connectivity index is 2.14. The van der Waals surface area contributed by atoms with Gasteiger partial charge >= 0.3 is 5.97 Å².